The maximum atomic E-state index is 6.81. The molecule has 8 rings (SSSR count). The highest BCUT2D eigenvalue weighted by Crippen LogP contribution is 2.38. The molecule has 0 aliphatic heterocycles. The average Bonchev–Trinajstić information content (AvgIpc) is 3.63. The van der Waals surface area contributed by atoms with Crippen LogP contribution < -0.4 is 4.74 Å². The van der Waals surface area contributed by atoms with Crippen LogP contribution in [0, 0.1) is 26.2 Å². The van der Waals surface area contributed by atoms with E-state index in [0.717, 1.165) is 69.2 Å². The molecule has 0 atom stereocenters. The number of aromatic nitrogens is 4. The molecule has 258 valence electrons. The van der Waals surface area contributed by atoms with Gasteiger partial charge in [0, 0.05) is 40.4 Å². The van der Waals surface area contributed by atoms with Gasteiger partial charge in [-0.3, -0.25) is 4.57 Å². The molecule has 0 radical (unpaired) electrons. The van der Waals surface area contributed by atoms with Crippen LogP contribution in [0.15, 0.2) is 134 Å². The Bertz CT molecular complexity index is 2550. The van der Waals surface area contributed by atoms with Crippen LogP contribution in [0.3, 0.4) is 0 Å². The molecular weight excluding hydrogens is 637 g/mol. The van der Waals surface area contributed by atoms with E-state index >= 15 is 0 Å². The molecule has 0 aliphatic carbocycles. The zero-order valence-corrected chi connectivity index (χ0v) is 30.8. The first-order valence-corrected chi connectivity index (χ1v) is 18.1. The van der Waals surface area contributed by atoms with Crippen molar-refractivity contribution < 1.29 is 4.74 Å². The molecule has 5 aromatic carbocycles. The molecule has 0 fully saturated rings. The van der Waals surface area contributed by atoms with Gasteiger partial charge in [-0.05, 0) is 115 Å². The van der Waals surface area contributed by atoms with Gasteiger partial charge in [0.1, 0.15) is 17.3 Å². The van der Waals surface area contributed by atoms with Crippen molar-refractivity contribution in [3.05, 3.63) is 156 Å². The van der Waals surface area contributed by atoms with Crippen LogP contribution in [0.1, 0.15) is 49.7 Å². The second-order valence-electron chi connectivity index (χ2n) is 15.1. The SMILES string of the molecule is Cc1ccnc(-n2c3ccc(-c4ccccc4)cc3c3ccc(Oc4cc(CCC(C)(C)C)cc(-n5nc(C)c(-c6ccccc6)c5C)c4)cc32)c1. The third-order valence-corrected chi connectivity index (χ3v) is 9.92. The molecule has 0 bridgehead atoms. The minimum absolute atomic E-state index is 0.207. The minimum Gasteiger partial charge on any atom is -0.457 e. The summed E-state index contributed by atoms with van der Waals surface area (Å²) in [5.41, 5.74) is 12.6. The molecule has 0 N–H and O–H groups in total. The smallest absolute Gasteiger partial charge is 0.137 e. The van der Waals surface area contributed by atoms with Crippen molar-refractivity contribution in [2.75, 3.05) is 0 Å². The van der Waals surface area contributed by atoms with E-state index in [4.69, 9.17) is 14.8 Å². The number of rotatable bonds is 8. The third kappa shape index (κ3) is 6.51. The first-order chi connectivity index (χ1) is 25.1. The molecule has 0 unspecified atom stereocenters. The minimum atomic E-state index is 0.207. The Balaban J connectivity index is 1.25. The summed E-state index contributed by atoms with van der Waals surface area (Å²) >= 11 is 0. The number of benzene rings is 5. The van der Waals surface area contributed by atoms with Crippen molar-refractivity contribution in [2.24, 2.45) is 5.41 Å². The molecule has 0 spiro atoms. The van der Waals surface area contributed by atoms with Crippen LogP contribution in [0.2, 0.25) is 0 Å². The van der Waals surface area contributed by atoms with E-state index in [1.807, 2.05) is 12.3 Å². The van der Waals surface area contributed by atoms with E-state index in [1.54, 1.807) is 0 Å². The van der Waals surface area contributed by atoms with Crippen LogP contribution in [0.5, 0.6) is 11.5 Å². The third-order valence-electron chi connectivity index (χ3n) is 9.92. The van der Waals surface area contributed by atoms with Crippen LogP contribution in [-0.2, 0) is 6.42 Å². The van der Waals surface area contributed by atoms with E-state index in [2.05, 4.69) is 172 Å². The van der Waals surface area contributed by atoms with Gasteiger partial charge in [0.05, 0.1) is 22.4 Å². The summed E-state index contributed by atoms with van der Waals surface area (Å²) < 4.78 is 11.1. The van der Waals surface area contributed by atoms with E-state index in [0.29, 0.717) is 0 Å². The van der Waals surface area contributed by atoms with E-state index < -0.39 is 0 Å². The molecule has 0 saturated heterocycles. The Kier molecular flexibility index (Phi) is 8.50. The summed E-state index contributed by atoms with van der Waals surface area (Å²) in [6.07, 6.45) is 3.88. The first kappa shape index (κ1) is 33.2. The molecule has 0 amide bonds. The second-order valence-corrected chi connectivity index (χ2v) is 15.1. The maximum absolute atomic E-state index is 6.81. The van der Waals surface area contributed by atoms with Crippen LogP contribution in [0.4, 0.5) is 0 Å². The van der Waals surface area contributed by atoms with E-state index in [9.17, 15) is 0 Å². The van der Waals surface area contributed by atoms with Gasteiger partial charge in [0.25, 0.3) is 0 Å². The fraction of sp³-hybridized carbons (Fsp3) is 0.191. The fourth-order valence-corrected chi connectivity index (χ4v) is 7.30. The summed E-state index contributed by atoms with van der Waals surface area (Å²) in [4.78, 5) is 4.83. The summed E-state index contributed by atoms with van der Waals surface area (Å²) in [7, 11) is 0. The molecule has 5 nitrogen and oxygen atoms in total. The van der Waals surface area contributed by atoms with Crippen molar-refractivity contribution in [1.29, 1.82) is 0 Å². The predicted octanol–water partition coefficient (Wildman–Crippen LogP) is 12.4. The van der Waals surface area contributed by atoms with Crippen LogP contribution in [0.25, 0.3) is 55.6 Å². The van der Waals surface area contributed by atoms with Gasteiger partial charge in [0.2, 0.25) is 0 Å². The summed E-state index contributed by atoms with van der Waals surface area (Å²) in [6.45, 7) is 13.2. The molecule has 52 heavy (non-hydrogen) atoms. The number of ether oxygens (including phenoxy) is 1. The van der Waals surface area contributed by atoms with Gasteiger partial charge in [-0.1, -0.05) is 87.5 Å². The largest absolute Gasteiger partial charge is 0.457 e. The van der Waals surface area contributed by atoms with Crippen LogP contribution in [-0.4, -0.2) is 19.3 Å². The van der Waals surface area contributed by atoms with Crippen LogP contribution >= 0.6 is 0 Å². The number of pyridine rings is 1. The molecular formula is C47H44N4O. The molecule has 3 heterocycles. The standard InChI is InChI=1S/C47H44N4O/c1-31-22-24-48-45(25-31)50-43-20-17-37(35-13-9-7-10-14-35)28-42(43)41-19-18-39(30-44(41)50)52-40-27-34(21-23-47(4,5)6)26-38(29-40)51-33(3)46(32(2)49-51)36-15-11-8-12-16-36/h7-20,22,24-30H,21,23H2,1-6H3. The Labute approximate surface area is 306 Å². The molecule has 0 aliphatic rings. The Hall–Kier alpha value is -5.94. The quantitative estimate of drug-likeness (QED) is 0.160. The predicted molar refractivity (Wildman–Crippen MR) is 215 cm³/mol. The zero-order chi connectivity index (χ0) is 36.0. The summed E-state index contributed by atoms with van der Waals surface area (Å²) in [6, 6.07) is 44.9. The molecule has 0 saturated carbocycles. The lowest BCUT2D eigenvalue weighted by atomic mass is 9.88. The lowest BCUT2D eigenvalue weighted by molar-refractivity contribution is 0.378. The van der Waals surface area contributed by atoms with Crippen molar-refractivity contribution in [2.45, 2.75) is 54.4 Å². The Morgan fingerprint density at radius 2 is 1.38 bits per heavy atom. The summed E-state index contributed by atoms with van der Waals surface area (Å²) in [5, 5.41) is 7.38. The van der Waals surface area contributed by atoms with E-state index in [-0.39, 0.29) is 5.41 Å². The second kappa shape index (κ2) is 13.3. The van der Waals surface area contributed by atoms with Crippen molar-refractivity contribution in [3.63, 3.8) is 0 Å². The van der Waals surface area contributed by atoms with E-state index in [1.165, 1.54) is 33.2 Å². The lowest BCUT2D eigenvalue weighted by Crippen LogP contribution is -2.07. The maximum Gasteiger partial charge on any atom is 0.137 e. The first-order valence-electron chi connectivity index (χ1n) is 18.1. The molecule has 8 aromatic rings. The summed E-state index contributed by atoms with van der Waals surface area (Å²) in [5.74, 6) is 2.44. The number of nitrogens with zero attached hydrogens (tertiary/aromatic N) is 4. The highest BCUT2D eigenvalue weighted by Gasteiger charge is 2.19. The number of hydrogen-bond donors (Lipinski definition) is 0. The van der Waals surface area contributed by atoms with Crippen molar-refractivity contribution in [3.8, 4) is 45.3 Å². The number of aryl methyl sites for hydroxylation is 3. The fourth-order valence-electron chi connectivity index (χ4n) is 7.30. The molecule has 3 aromatic heterocycles. The van der Waals surface area contributed by atoms with Gasteiger partial charge in [-0.25, -0.2) is 9.67 Å². The molecule has 5 heteroatoms. The monoisotopic (exact) mass is 680 g/mol. The number of hydrogen-bond acceptors (Lipinski definition) is 3. The van der Waals surface area contributed by atoms with Gasteiger partial charge in [0.15, 0.2) is 0 Å². The zero-order valence-electron chi connectivity index (χ0n) is 30.8. The lowest BCUT2D eigenvalue weighted by Gasteiger charge is -2.19. The topological polar surface area (TPSA) is 44.9 Å². The Morgan fingerprint density at radius 3 is 2.12 bits per heavy atom. The van der Waals surface area contributed by atoms with Gasteiger partial charge < -0.3 is 4.74 Å². The number of fused-ring (bicyclic) bond motifs is 3. The van der Waals surface area contributed by atoms with Gasteiger partial charge in [-0.15, -0.1) is 0 Å². The van der Waals surface area contributed by atoms with Gasteiger partial charge >= 0.3 is 0 Å². The van der Waals surface area contributed by atoms with Gasteiger partial charge in [-0.2, -0.15) is 5.10 Å². The normalized spacial score (nSPS) is 11.8. The van der Waals surface area contributed by atoms with Crippen molar-refractivity contribution >= 4 is 21.8 Å². The Morgan fingerprint density at radius 1 is 0.635 bits per heavy atom. The average molecular weight is 681 g/mol. The highest BCUT2D eigenvalue weighted by molar-refractivity contribution is 6.10. The van der Waals surface area contributed by atoms with Crippen molar-refractivity contribution in [1.82, 2.24) is 19.3 Å². The highest BCUT2D eigenvalue weighted by atomic mass is 16.5.